The maximum absolute atomic E-state index is 12.6. The number of halogens is 1. The lowest BCUT2D eigenvalue weighted by atomic mass is 10.0. The summed E-state index contributed by atoms with van der Waals surface area (Å²) in [7, 11) is 1.91. The molecular formula is C17H23ClN4OS. The van der Waals surface area contributed by atoms with Crippen LogP contribution in [0.15, 0.2) is 23.4 Å². The summed E-state index contributed by atoms with van der Waals surface area (Å²) in [6, 6.07) is 6.17. The highest BCUT2D eigenvalue weighted by Crippen LogP contribution is 2.29. The Balaban J connectivity index is 2.50. The van der Waals surface area contributed by atoms with Crippen molar-refractivity contribution in [3.8, 4) is 0 Å². The number of carbonyl (C=O) groups is 1. The van der Waals surface area contributed by atoms with E-state index < -0.39 is 0 Å². The fourth-order valence-corrected chi connectivity index (χ4v) is 3.37. The number of hydrogen-bond donors (Lipinski definition) is 0. The van der Waals surface area contributed by atoms with Gasteiger partial charge in [0.15, 0.2) is 11.0 Å². The molecule has 0 fully saturated rings. The number of nitrogens with zero attached hydrogens (tertiary/aromatic N) is 4. The minimum absolute atomic E-state index is 0.0611. The van der Waals surface area contributed by atoms with Gasteiger partial charge in [0.25, 0.3) is 0 Å². The quantitative estimate of drug-likeness (QED) is 0.556. The summed E-state index contributed by atoms with van der Waals surface area (Å²) in [6.07, 6.45) is 3.66. The van der Waals surface area contributed by atoms with Gasteiger partial charge in [0.05, 0.1) is 12.2 Å². The first-order chi connectivity index (χ1) is 11.6. The fourth-order valence-electron chi connectivity index (χ4n) is 2.73. The smallest absolute Gasteiger partial charge is 0.242 e. The van der Waals surface area contributed by atoms with Gasteiger partial charge >= 0.3 is 0 Å². The zero-order valence-electron chi connectivity index (χ0n) is 14.5. The number of aromatic nitrogens is 3. The Hall–Kier alpha value is -1.53. The van der Waals surface area contributed by atoms with Gasteiger partial charge in [-0.25, -0.2) is 0 Å². The first-order valence-corrected chi connectivity index (χ1v) is 9.72. The molecule has 1 aromatic heterocycles. The number of amides is 1. The van der Waals surface area contributed by atoms with Crippen molar-refractivity contribution in [3.63, 3.8) is 0 Å². The summed E-state index contributed by atoms with van der Waals surface area (Å²) in [5.41, 5.74) is 3.24. The van der Waals surface area contributed by atoms with Crippen molar-refractivity contribution in [3.05, 3.63) is 35.2 Å². The SMILES string of the molecule is CCc1cccc(CC)c1N(Cc1nnc(SC)n1C)C(=O)CCl. The van der Waals surface area contributed by atoms with Crippen LogP contribution in [0.5, 0.6) is 0 Å². The molecule has 7 heteroatoms. The van der Waals surface area contributed by atoms with Crippen molar-refractivity contribution in [2.24, 2.45) is 7.05 Å². The Labute approximate surface area is 152 Å². The fraction of sp³-hybridized carbons (Fsp3) is 0.471. The average Bonchev–Trinajstić information content (AvgIpc) is 2.97. The van der Waals surface area contributed by atoms with Crippen LogP contribution >= 0.6 is 23.4 Å². The number of aryl methyl sites for hydroxylation is 2. The van der Waals surface area contributed by atoms with E-state index in [2.05, 4.69) is 36.2 Å². The maximum atomic E-state index is 12.6. The van der Waals surface area contributed by atoms with Crippen LogP contribution in [-0.4, -0.2) is 32.8 Å². The highest BCUT2D eigenvalue weighted by atomic mass is 35.5. The Kier molecular flexibility index (Phi) is 6.69. The summed E-state index contributed by atoms with van der Waals surface area (Å²) >= 11 is 7.42. The number of anilines is 1. The molecule has 1 amide bonds. The minimum atomic E-state index is -0.124. The summed E-state index contributed by atoms with van der Waals surface area (Å²) in [5, 5.41) is 9.21. The molecule has 0 unspecified atom stereocenters. The van der Waals surface area contributed by atoms with E-state index in [9.17, 15) is 4.79 Å². The van der Waals surface area contributed by atoms with Crippen LogP contribution in [0.25, 0.3) is 0 Å². The molecule has 0 aliphatic rings. The average molecular weight is 367 g/mol. The molecule has 130 valence electrons. The summed E-state index contributed by atoms with van der Waals surface area (Å²) in [6.45, 7) is 4.55. The molecule has 0 aliphatic heterocycles. The molecule has 5 nitrogen and oxygen atoms in total. The second-order valence-corrected chi connectivity index (χ2v) is 6.45. The summed E-state index contributed by atoms with van der Waals surface area (Å²) < 4.78 is 1.92. The Morgan fingerprint density at radius 2 is 1.88 bits per heavy atom. The zero-order chi connectivity index (χ0) is 17.7. The Morgan fingerprint density at radius 1 is 1.25 bits per heavy atom. The zero-order valence-corrected chi connectivity index (χ0v) is 16.1. The van der Waals surface area contributed by atoms with Gasteiger partial charge in [-0.05, 0) is 30.2 Å². The molecule has 0 bridgehead atoms. The van der Waals surface area contributed by atoms with Crippen LogP contribution < -0.4 is 4.90 Å². The van der Waals surface area contributed by atoms with Crippen molar-refractivity contribution in [2.75, 3.05) is 17.0 Å². The van der Waals surface area contributed by atoms with Gasteiger partial charge in [0, 0.05) is 7.05 Å². The summed E-state index contributed by atoms with van der Waals surface area (Å²) in [5.74, 6) is 0.556. The van der Waals surface area contributed by atoms with Gasteiger partial charge < -0.3 is 9.47 Å². The number of rotatable bonds is 7. The second kappa shape index (κ2) is 8.53. The molecule has 0 saturated heterocycles. The highest BCUT2D eigenvalue weighted by Gasteiger charge is 2.23. The molecule has 2 rings (SSSR count). The molecule has 2 aromatic rings. The van der Waals surface area contributed by atoms with Crippen LogP contribution in [0.1, 0.15) is 30.8 Å². The van der Waals surface area contributed by atoms with E-state index in [0.29, 0.717) is 6.54 Å². The van der Waals surface area contributed by atoms with E-state index in [1.54, 1.807) is 4.90 Å². The van der Waals surface area contributed by atoms with Crippen LogP contribution in [0.2, 0.25) is 0 Å². The standard InChI is InChI=1S/C17H23ClN4OS/c1-5-12-8-7-9-13(6-2)16(12)22(15(23)10-18)11-14-19-20-17(24-4)21(14)3/h7-9H,5-6,10-11H2,1-4H3. The first-order valence-electron chi connectivity index (χ1n) is 7.96. The van der Waals surface area contributed by atoms with Crippen molar-refractivity contribution in [1.29, 1.82) is 0 Å². The molecule has 1 aromatic carbocycles. The second-order valence-electron chi connectivity index (χ2n) is 5.41. The molecular weight excluding hydrogens is 344 g/mol. The summed E-state index contributed by atoms with van der Waals surface area (Å²) in [4.78, 5) is 14.3. The van der Waals surface area contributed by atoms with E-state index in [1.165, 1.54) is 11.8 Å². The van der Waals surface area contributed by atoms with E-state index in [-0.39, 0.29) is 11.8 Å². The van der Waals surface area contributed by atoms with Gasteiger partial charge in [0.2, 0.25) is 5.91 Å². The van der Waals surface area contributed by atoms with Crippen molar-refractivity contribution < 1.29 is 4.79 Å². The molecule has 1 heterocycles. The van der Waals surface area contributed by atoms with Crippen molar-refractivity contribution in [2.45, 2.75) is 38.4 Å². The minimum Gasteiger partial charge on any atom is -0.308 e. The van der Waals surface area contributed by atoms with Crippen molar-refractivity contribution >= 4 is 35.0 Å². The topological polar surface area (TPSA) is 51.0 Å². The molecule has 0 saturated carbocycles. The van der Waals surface area contributed by atoms with E-state index >= 15 is 0 Å². The predicted molar refractivity (Wildman–Crippen MR) is 99.9 cm³/mol. The van der Waals surface area contributed by atoms with E-state index in [4.69, 9.17) is 11.6 Å². The maximum Gasteiger partial charge on any atom is 0.242 e. The lowest BCUT2D eigenvalue weighted by Gasteiger charge is -2.26. The Bertz CT molecular complexity index is 694. The van der Waals surface area contributed by atoms with Crippen molar-refractivity contribution in [1.82, 2.24) is 14.8 Å². The normalized spacial score (nSPS) is 10.9. The highest BCUT2D eigenvalue weighted by molar-refractivity contribution is 7.98. The number of para-hydroxylation sites is 1. The molecule has 0 N–H and O–H groups in total. The lowest BCUT2D eigenvalue weighted by Crippen LogP contribution is -2.34. The third-order valence-corrected chi connectivity index (χ3v) is 5.01. The van der Waals surface area contributed by atoms with Crippen LogP contribution in [-0.2, 0) is 31.2 Å². The number of benzene rings is 1. The number of alkyl halides is 1. The van der Waals surface area contributed by atoms with Gasteiger partial charge in [-0.15, -0.1) is 21.8 Å². The molecule has 24 heavy (non-hydrogen) atoms. The number of carbonyl (C=O) groups excluding carboxylic acids is 1. The number of thioether (sulfide) groups is 1. The van der Waals surface area contributed by atoms with E-state index in [1.807, 2.05) is 23.9 Å². The molecule has 0 spiro atoms. The lowest BCUT2D eigenvalue weighted by molar-refractivity contribution is -0.116. The monoisotopic (exact) mass is 366 g/mol. The third kappa shape index (κ3) is 3.75. The Morgan fingerprint density at radius 3 is 2.33 bits per heavy atom. The first kappa shape index (κ1) is 18.8. The van der Waals surface area contributed by atoms with Gasteiger partial charge in [-0.3, -0.25) is 4.79 Å². The van der Waals surface area contributed by atoms with Gasteiger partial charge in [0.1, 0.15) is 5.88 Å². The number of hydrogen-bond acceptors (Lipinski definition) is 4. The predicted octanol–water partition coefficient (Wildman–Crippen LogP) is 3.43. The van der Waals surface area contributed by atoms with Crippen LogP contribution in [0.3, 0.4) is 0 Å². The molecule has 0 aliphatic carbocycles. The third-order valence-electron chi connectivity index (χ3n) is 4.06. The largest absolute Gasteiger partial charge is 0.308 e. The van der Waals surface area contributed by atoms with Crippen LogP contribution in [0.4, 0.5) is 5.69 Å². The van der Waals surface area contributed by atoms with Gasteiger partial charge in [-0.2, -0.15) is 0 Å². The van der Waals surface area contributed by atoms with Gasteiger partial charge in [-0.1, -0.05) is 43.8 Å². The van der Waals surface area contributed by atoms with E-state index in [0.717, 1.165) is 40.6 Å². The molecule has 0 atom stereocenters. The van der Waals surface area contributed by atoms with Crippen LogP contribution in [0, 0.1) is 0 Å². The molecule has 0 radical (unpaired) electrons.